The highest BCUT2D eigenvalue weighted by Gasteiger charge is 2.14. The van der Waals surface area contributed by atoms with E-state index in [-0.39, 0.29) is 6.61 Å². The van der Waals surface area contributed by atoms with Crippen LogP contribution in [0.3, 0.4) is 0 Å². The van der Waals surface area contributed by atoms with Crippen molar-refractivity contribution in [3.8, 4) is 11.5 Å². The molecule has 1 N–H and O–H groups in total. The summed E-state index contributed by atoms with van der Waals surface area (Å²) in [5, 5.41) is 9.48. The lowest BCUT2D eigenvalue weighted by Gasteiger charge is -2.16. The SMILES string of the molecule is COc1ccc(CO)c(Cc2ccccc2)c1OC. The molecule has 0 aliphatic carbocycles. The van der Waals surface area contributed by atoms with Gasteiger partial charge in [-0.3, -0.25) is 0 Å². The summed E-state index contributed by atoms with van der Waals surface area (Å²) < 4.78 is 10.8. The predicted octanol–water partition coefficient (Wildman–Crippen LogP) is 2.79. The molecule has 0 heterocycles. The van der Waals surface area contributed by atoms with Crippen LogP contribution >= 0.6 is 0 Å². The van der Waals surface area contributed by atoms with Crippen molar-refractivity contribution < 1.29 is 14.6 Å². The van der Waals surface area contributed by atoms with E-state index in [9.17, 15) is 5.11 Å². The molecule has 0 bridgehead atoms. The number of aliphatic hydroxyl groups excluding tert-OH is 1. The third kappa shape index (κ3) is 2.88. The fourth-order valence-corrected chi connectivity index (χ4v) is 2.17. The van der Waals surface area contributed by atoms with Gasteiger partial charge in [-0.1, -0.05) is 36.4 Å². The molecule has 0 amide bonds. The van der Waals surface area contributed by atoms with Crippen molar-refractivity contribution >= 4 is 0 Å². The van der Waals surface area contributed by atoms with E-state index in [0.717, 1.165) is 11.1 Å². The maximum atomic E-state index is 9.48. The summed E-state index contributed by atoms with van der Waals surface area (Å²) in [7, 11) is 3.23. The van der Waals surface area contributed by atoms with E-state index in [2.05, 4.69) is 12.1 Å². The molecule has 100 valence electrons. The number of rotatable bonds is 5. The van der Waals surface area contributed by atoms with E-state index >= 15 is 0 Å². The number of hydrogen-bond acceptors (Lipinski definition) is 3. The molecule has 2 aromatic rings. The van der Waals surface area contributed by atoms with Crippen LogP contribution in [0.4, 0.5) is 0 Å². The zero-order valence-electron chi connectivity index (χ0n) is 11.2. The Balaban J connectivity index is 2.46. The lowest BCUT2D eigenvalue weighted by Crippen LogP contribution is -2.02. The second kappa shape index (κ2) is 6.25. The van der Waals surface area contributed by atoms with Crippen LogP contribution in [0, 0.1) is 0 Å². The van der Waals surface area contributed by atoms with Crippen molar-refractivity contribution in [1.29, 1.82) is 0 Å². The lowest BCUT2D eigenvalue weighted by atomic mass is 9.98. The zero-order chi connectivity index (χ0) is 13.7. The van der Waals surface area contributed by atoms with Gasteiger partial charge in [-0.15, -0.1) is 0 Å². The topological polar surface area (TPSA) is 38.7 Å². The molecule has 0 saturated heterocycles. The molecule has 0 unspecified atom stereocenters. The van der Waals surface area contributed by atoms with Crippen molar-refractivity contribution in [3.63, 3.8) is 0 Å². The van der Waals surface area contributed by atoms with Crippen LogP contribution in [0.15, 0.2) is 42.5 Å². The number of benzene rings is 2. The normalized spacial score (nSPS) is 10.3. The van der Waals surface area contributed by atoms with Gasteiger partial charge in [0.2, 0.25) is 0 Å². The molecule has 0 aliphatic rings. The standard InChI is InChI=1S/C16H18O3/c1-18-15-9-8-13(11-17)14(16(15)19-2)10-12-6-4-3-5-7-12/h3-9,17H,10-11H2,1-2H3. The first-order valence-electron chi connectivity index (χ1n) is 6.17. The highest BCUT2D eigenvalue weighted by Crippen LogP contribution is 2.35. The lowest BCUT2D eigenvalue weighted by molar-refractivity contribution is 0.278. The van der Waals surface area contributed by atoms with Crippen LogP contribution in [0.2, 0.25) is 0 Å². The van der Waals surface area contributed by atoms with Gasteiger partial charge in [-0.25, -0.2) is 0 Å². The molecule has 0 radical (unpaired) electrons. The number of ether oxygens (including phenoxy) is 2. The summed E-state index contributed by atoms with van der Waals surface area (Å²) in [5.74, 6) is 1.38. The molecule has 2 rings (SSSR count). The quantitative estimate of drug-likeness (QED) is 0.896. The maximum absolute atomic E-state index is 9.48. The summed E-state index contributed by atoms with van der Waals surface area (Å²) in [6, 6.07) is 13.8. The Morgan fingerprint density at radius 3 is 2.26 bits per heavy atom. The maximum Gasteiger partial charge on any atom is 0.164 e. The molecule has 0 spiro atoms. The van der Waals surface area contributed by atoms with Gasteiger partial charge in [0, 0.05) is 12.0 Å². The Morgan fingerprint density at radius 1 is 0.947 bits per heavy atom. The average Bonchev–Trinajstić information content (AvgIpc) is 2.47. The van der Waals surface area contributed by atoms with Crippen LogP contribution in [0.1, 0.15) is 16.7 Å². The summed E-state index contributed by atoms with van der Waals surface area (Å²) in [5.41, 5.74) is 3.00. The third-order valence-electron chi connectivity index (χ3n) is 3.14. The molecule has 0 atom stereocenters. The smallest absolute Gasteiger partial charge is 0.164 e. The van der Waals surface area contributed by atoms with E-state index in [0.29, 0.717) is 17.9 Å². The van der Waals surface area contributed by atoms with Gasteiger partial charge in [0.05, 0.1) is 20.8 Å². The molecule has 0 aliphatic heterocycles. The van der Waals surface area contributed by atoms with Crippen molar-refractivity contribution in [2.24, 2.45) is 0 Å². The predicted molar refractivity (Wildman–Crippen MR) is 74.7 cm³/mol. The van der Waals surface area contributed by atoms with E-state index in [4.69, 9.17) is 9.47 Å². The minimum absolute atomic E-state index is 0.0114. The molecule has 0 fully saturated rings. The van der Waals surface area contributed by atoms with Gasteiger partial charge in [-0.05, 0) is 17.2 Å². The molecule has 2 aromatic carbocycles. The number of methoxy groups -OCH3 is 2. The minimum Gasteiger partial charge on any atom is -0.493 e. The second-order valence-corrected chi connectivity index (χ2v) is 4.26. The van der Waals surface area contributed by atoms with E-state index in [1.807, 2.05) is 30.3 Å². The minimum atomic E-state index is -0.0114. The highest BCUT2D eigenvalue weighted by molar-refractivity contribution is 5.52. The van der Waals surface area contributed by atoms with Gasteiger partial charge in [0.25, 0.3) is 0 Å². The third-order valence-corrected chi connectivity index (χ3v) is 3.14. The van der Waals surface area contributed by atoms with Gasteiger partial charge in [0.15, 0.2) is 11.5 Å². The van der Waals surface area contributed by atoms with E-state index in [1.54, 1.807) is 14.2 Å². The molecular weight excluding hydrogens is 240 g/mol. The molecule has 0 saturated carbocycles. The Morgan fingerprint density at radius 2 is 1.68 bits per heavy atom. The molecule has 0 aromatic heterocycles. The first-order valence-corrected chi connectivity index (χ1v) is 6.17. The molecule has 3 nitrogen and oxygen atoms in total. The van der Waals surface area contributed by atoms with Crippen LogP contribution in [-0.2, 0) is 13.0 Å². The van der Waals surface area contributed by atoms with Gasteiger partial charge in [-0.2, -0.15) is 0 Å². The first kappa shape index (κ1) is 13.4. The summed E-state index contributed by atoms with van der Waals surface area (Å²) >= 11 is 0. The number of hydrogen-bond donors (Lipinski definition) is 1. The fraction of sp³-hybridized carbons (Fsp3) is 0.250. The average molecular weight is 258 g/mol. The van der Waals surface area contributed by atoms with Crippen molar-refractivity contribution in [3.05, 3.63) is 59.2 Å². The summed E-state index contributed by atoms with van der Waals surface area (Å²) in [6.07, 6.45) is 0.705. The largest absolute Gasteiger partial charge is 0.493 e. The highest BCUT2D eigenvalue weighted by atomic mass is 16.5. The molecule has 3 heteroatoms. The Labute approximate surface area is 113 Å². The van der Waals surface area contributed by atoms with Crippen molar-refractivity contribution in [2.45, 2.75) is 13.0 Å². The Bertz CT molecular complexity index is 535. The summed E-state index contributed by atoms with van der Waals surface area (Å²) in [4.78, 5) is 0. The first-order chi connectivity index (χ1) is 9.30. The Hall–Kier alpha value is -2.00. The summed E-state index contributed by atoms with van der Waals surface area (Å²) in [6.45, 7) is -0.0114. The van der Waals surface area contributed by atoms with E-state index in [1.165, 1.54) is 5.56 Å². The molecular formula is C16H18O3. The van der Waals surface area contributed by atoms with Crippen molar-refractivity contribution in [1.82, 2.24) is 0 Å². The monoisotopic (exact) mass is 258 g/mol. The van der Waals surface area contributed by atoms with Gasteiger partial charge < -0.3 is 14.6 Å². The molecule has 19 heavy (non-hydrogen) atoms. The fourth-order valence-electron chi connectivity index (χ4n) is 2.17. The van der Waals surface area contributed by atoms with Crippen LogP contribution in [0.5, 0.6) is 11.5 Å². The van der Waals surface area contributed by atoms with E-state index < -0.39 is 0 Å². The van der Waals surface area contributed by atoms with Gasteiger partial charge in [0.1, 0.15) is 0 Å². The number of aliphatic hydroxyl groups is 1. The van der Waals surface area contributed by atoms with Crippen LogP contribution in [0.25, 0.3) is 0 Å². The van der Waals surface area contributed by atoms with Crippen LogP contribution < -0.4 is 9.47 Å². The van der Waals surface area contributed by atoms with Crippen LogP contribution in [-0.4, -0.2) is 19.3 Å². The van der Waals surface area contributed by atoms with Gasteiger partial charge >= 0.3 is 0 Å². The Kier molecular flexibility index (Phi) is 4.42. The second-order valence-electron chi connectivity index (χ2n) is 4.26. The van der Waals surface area contributed by atoms with Crippen molar-refractivity contribution in [2.75, 3.05) is 14.2 Å². The zero-order valence-corrected chi connectivity index (χ0v) is 11.2.